The first-order valence-corrected chi connectivity index (χ1v) is 7.92. The Kier molecular flexibility index (Phi) is 4.02. The lowest BCUT2D eigenvalue weighted by Crippen LogP contribution is -2.25. The van der Waals surface area contributed by atoms with E-state index in [1.165, 1.54) is 15.6 Å². The highest BCUT2D eigenvalue weighted by Crippen LogP contribution is 2.25. The van der Waals surface area contributed by atoms with Crippen LogP contribution in [0.5, 0.6) is 0 Å². The zero-order valence-corrected chi connectivity index (χ0v) is 12.7. The Labute approximate surface area is 128 Å². The Bertz CT molecular complexity index is 775. The molecule has 21 heavy (non-hydrogen) atoms. The second kappa shape index (κ2) is 6.10. The van der Waals surface area contributed by atoms with E-state index < -0.39 is 0 Å². The molecule has 2 nitrogen and oxygen atoms in total. The third kappa shape index (κ3) is 3.14. The summed E-state index contributed by atoms with van der Waals surface area (Å²) < 4.78 is 1.30. The number of carbonyl (C=O) groups excluding carboxylic acids is 1. The molecule has 0 bridgehead atoms. The molecule has 1 N–H and O–H groups in total. The van der Waals surface area contributed by atoms with E-state index in [1.54, 1.807) is 11.3 Å². The van der Waals surface area contributed by atoms with Crippen molar-refractivity contribution in [2.24, 2.45) is 0 Å². The van der Waals surface area contributed by atoms with Crippen molar-refractivity contribution < 1.29 is 4.79 Å². The fourth-order valence-corrected chi connectivity index (χ4v) is 3.42. The Morgan fingerprint density at radius 2 is 2.00 bits per heavy atom. The molecule has 0 radical (unpaired) electrons. The molecule has 0 fully saturated rings. The average Bonchev–Trinajstić information content (AvgIpc) is 2.91. The molecule has 3 heteroatoms. The Hall–Kier alpha value is -2.13. The highest BCUT2D eigenvalue weighted by molar-refractivity contribution is 7.17. The zero-order valence-electron chi connectivity index (χ0n) is 11.9. The molecule has 0 unspecified atom stereocenters. The van der Waals surface area contributed by atoms with Gasteiger partial charge in [-0.3, -0.25) is 4.79 Å². The van der Waals surface area contributed by atoms with Crippen LogP contribution in [0.2, 0.25) is 0 Å². The zero-order chi connectivity index (χ0) is 14.7. The van der Waals surface area contributed by atoms with Crippen molar-refractivity contribution in [2.75, 3.05) is 6.54 Å². The lowest BCUT2D eigenvalue weighted by Gasteiger charge is -2.05. The topological polar surface area (TPSA) is 29.1 Å². The molecular formula is C18H17NOS. The number of benzene rings is 2. The van der Waals surface area contributed by atoms with E-state index in [9.17, 15) is 4.79 Å². The molecule has 3 aromatic rings. The fraction of sp³-hybridized carbons (Fsp3) is 0.167. The third-order valence-electron chi connectivity index (χ3n) is 3.52. The maximum atomic E-state index is 12.1. The minimum absolute atomic E-state index is 0.00163. The molecule has 3 rings (SSSR count). The van der Waals surface area contributed by atoms with E-state index in [0.717, 1.165) is 17.5 Å². The Balaban J connectivity index is 1.62. The second-order valence-corrected chi connectivity index (χ2v) is 6.04. The van der Waals surface area contributed by atoms with E-state index in [2.05, 4.69) is 35.0 Å². The Morgan fingerprint density at radius 3 is 2.86 bits per heavy atom. The SMILES string of the molecule is Cc1cccc(C(=O)NCCc2csc3ccccc23)c1. The van der Waals surface area contributed by atoms with Crippen molar-refractivity contribution in [3.63, 3.8) is 0 Å². The standard InChI is InChI=1S/C18H17NOS/c1-13-5-4-6-14(11-13)18(20)19-10-9-15-12-21-17-8-3-2-7-16(15)17/h2-8,11-12H,9-10H2,1H3,(H,19,20). The van der Waals surface area contributed by atoms with E-state index in [4.69, 9.17) is 0 Å². The first kappa shape index (κ1) is 13.8. The van der Waals surface area contributed by atoms with Gasteiger partial charge in [0, 0.05) is 16.8 Å². The van der Waals surface area contributed by atoms with Crippen LogP contribution < -0.4 is 5.32 Å². The molecule has 1 amide bonds. The Morgan fingerprint density at radius 1 is 1.14 bits per heavy atom. The van der Waals surface area contributed by atoms with Gasteiger partial charge in [0.2, 0.25) is 0 Å². The smallest absolute Gasteiger partial charge is 0.251 e. The fourth-order valence-electron chi connectivity index (χ4n) is 2.43. The first-order valence-electron chi connectivity index (χ1n) is 7.04. The number of thiophene rings is 1. The number of nitrogens with one attached hydrogen (secondary N) is 1. The van der Waals surface area contributed by atoms with Gasteiger partial charge in [0.25, 0.3) is 5.91 Å². The number of amides is 1. The van der Waals surface area contributed by atoms with Crippen molar-refractivity contribution >= 4 is 27.3 Å². The van der Waals surface area contributed by atoms with Gasteiger partial charge in [-0.1, -0.05) is 35.9 Å². The molecule has 1 aromatic heterocycles. The summed E-state index contributed by atoms with van der Waals surface area (Å²) in [6.07, 6.45) is 0.863. The van der Waals surface area contributed by atoms with Gasteiger partial charge in [0.05, 0.1) is 0 Å². The first-order chi connectivity index (χ1) is 10.2. The van der Waals surface area contributed by atoms with Gasteiger partial charge in [0.1, 0.15) is 0 Å². The van der Waals surface area contributed by atoms with Crippen LogP contribution >= 0.6 is 11.3 Å². The molecule has 0 saturated carbocycles. The van der Waals surface area contributed by atoms with E-state index in [1.807, 2.05) is 31.2 Å². The summed E-state index contributed by atoms with van der Waals surface area (Å²) in [6.45, 7) is 2.65. The van der Waals surface area contributed by atoms with Gasteiger partial charge in [-0.2, -0.15) is 0 Å². The summed E-state index contributed by atoms with van der Waals surface area (Å²) >= 11 is 1.76. The maximum Gasteiger partial charge on any atom is 0.251 e. The quantitative estimate of drug-likeness (QED) is 0.768. The largest absolute Gasteiger partial charge is 0.352 e. The van der Waals surface area contributed by atoms with Gasteiger partial charge in [-0.15, -0.1) is 11.3 Å². The number of hydrogen-bond acceptors (Lipinski definition) is 2. The summed E-state index contributed by atoms with van der Waals surface area (Å²) in [5, 5.41) is 6.48. The average molecular weight is 295 g/mol. The van der Waals surface area contributed by atoms with Gasteiger partial charge in [-0.05, 0) is 47.9 Å². The van der Waals surface area contributed by atoms with Crippen molar-refractivity contribution in [3.8, 4) is 0 Å². The third-order valence-corrected chi connectivity index (χ3v) is 4.53. The van der Waals surface area contributed by atoms with E-state index in [0.29, 0.717) is 6.54 Å². The van der Waals surface area contributed by atoms with Crippen LogP contribution in [0, 0.1) is 6.92 Å². The van der Waals surface area contributed by atoms with Gasteiger partial charge >= 0.3 is 0 Å². The highest BCUT2D eigenvalue weighted by Gasteiger charge is 2.06. The second-order valence-electron chi connectivity index (χ2n) is 5.13. The van der Waals surface area contributed by atoms with Crippen LogP contribution in [-0.2, 0) is 6.42 Å². The summed E-state index contributed by atoms with van der Waals surface area (Å²) in [5.74, 6) is -0.00163. The number of aryl methyl sites for hydroxylation is 1. The number of fused-ring (bicyclic) bond motifs is 1. The summed E-state index contributed by atoms with van der Waals surface area (Å²) in [5.41, 5.74) is 3.14. The molecule has 0 aliphatic rings. The van der Waals surface area contributed by atoms with Crippen molar-refractivity contribution in [1.82, 2.24) is 5.32 Å². The maximum absolute atomic E-state index is 12.1. The normalized spacial score (nSPS) is 10.7. The molecule has 2 aromatic carbocycles. The van der Waals surface area contributed by atoms with Crippen LogP contribution in [0.25, 0.3) is 10.1 Å². The predicted molar refractivity (Wildman–Crippen MR) is 89.0 cm³/mol. The van der Waals surface area contributed by atoms with Crippen molar-refractivity contribution in [2.45, 2.75) is 13.3 Å². The minimum Gasteiger partial charge on any atom is -0.352 e. The van der Waals surface area contributed by atoms with Gasteiger partial charge in [0.15, 0.2) is 0 Å². The monoisotopic (exact) mass is 295 g/mol. The van der Waals surface area contributed by atoms with Gasteiger partial charge in [-0.25, -0.2) is 0 Å². The van der Waals surface area contributed by atoms with Gasteiger partial charge < -0.3 is 5.32 Å². The summed E-state index contributed by atoms with van der Waals surface area (Å²) in [4.78, 5) is 12.1. The summed E-state index contributed by atoms with van der Waals surface area (Å²) in [6, 6.07) is 16.1. The summed E-state index contributed by atoms with van der Waals surface area (Å²) in [7, 11) is 0. The molecule has 1 heterocycles. The molecule has 0 spiro atoms. The highest BCUT2D eigenvalue weighted by atomic mass is 32.1. The van der Waals surface area contributed by atoms with Crippen LogP contribution in [0.15, 0.2) is 53.9 Å². The van der Waals surface area contributed by atoms with E-state index >= 15 is 0 Å². The molecule has 0 aliphatic heterocycles. The molecule has 0 atom stereocenters. The van der Waals surface area contributed by atoms with Crippen LogP contribution in [0.1, 0.15) is 21.5 Å². The predicted octanol–water partition coefficient (Wildman–Crippen LogP) is 4.18. The van der Waals surface area contributed by atoms with Crippen LogP contribution in [0.4, 0.5) is 0 Å². The minimum atomic E-state index is -0.00163. The molecule has 106 valence electrons. The molecular weight excluding hydrogens is 278 g/mol. The lowest BCUT2D eigenvalue weighted by molar-refractivity contribution is 0.0954. The molecule has 0 saturated heterocycles. The number of carbonyl (C=O) groups is 1. The van der Waals surface area contributed by atoms with Crippen LogP contribution in [-0.4, -0.2) is 12.5 Å². The van der Waals surface area contributed by atoms with Crippen LogP contribution in [0.3, 0.4) is 0 Å². The van der Waals surface area contributed by atoms with Crippen molar-refractivity contribution in [3.05, 3.63) is 70.6 Å². The lowest BCUT2D eigenvalue weighted by atomic mass is 10.1. The number of rotatable bonds is 4. The number of hydrogen-bond donors (Lipinski definition) is 1. The van der Waals surface area contributed by atoms with E-state index in [-0.39, 0.29) is 5.91 Å². The molecule has 0 aliphatic carbocycles. The van der Waals surface area contributed by atoms with Crippen molar-refractivity contribution in [1.29, 1.82) is 0 Å².